The fourth-order valence-corrected chi connectivity index (χ4v) is 9.34. The molecular weight excluding hydrogens is 873 g/mol. The van der Waals surface area contributed by atoms with E-state index in [9.17, 15) is 9.59 Å². The fraction of sp³-hybridized carbons (Fsp3) is 0.283. The number of rotatable bonds is 18. The molecule has 0 saturated carbocycles. The molecule has 70 heavy (non-hydrogen) atoms. The van der Waals surface area contributed by atoms with Crippen molar-refractivity contribution in [2.24, 2.45) is 0 Å². The summed E-state index contributed by atoms with van der Waals surface area (Å²) in [5, 5.41) is 3.08. The second-order valence-corrected chi connectivity index (χ2v) is 18.4. The van der Waals surface area contributed by atoms with Crippen LogP contribution in [0.1, 0.15) is 105 Å². The zero-order valence-corrected chi connectivity index (χ0v) is 41.2. The summed E-state index contributed by atoms with van der Waals surface area (Å²) in [6, 6.07) is 48.0. The van der Waals surface area contributed by atoms with Crippen LogP contribution in [0.4, 0.5) is 11.4 Å². The lowest BCUT2D eigenvalue weighted by Crippen LogP contribution is -2.40. The number of aromatic amines is 1. The van der Waals surface area contributed by atoms with E-state index < -0.39 is 0 Å². The van der Waals surface area contributed by atoms with Gasteiger partial charge in [-0.25, -0.2) is 0 Å². The number of pyridine rings is 1. The van der Waals surface area contributed by atoms with Crippen molar-refractivity contribution in [1.29, 1.82) is 0 Å². The summed E-state index contributed by atoms with van der Waals surface area (Å²) in [6.45, 7) is 15.1. The summed E-state index contributed by atoms with van der Waals surface area (Å²) in [6.07, 6.45) is 1.74. The molecule has 1 aliphatic rings. The Balaban J connectivity index is 1.22. The predicted octanol–water partition coefficient (Wildman–Crippen LogP) is 12.0. The SMILES string of the molecule is CCN(c1cc(-c2cccc(N(Cc3ccccc3)C(=O)c3cc(C(C)C)c(OCc4ccccc4)cc3OCc3ccccc3)c2)cc(C(=O)NCc2c(C)cc(C)[nH]c2=O)c1C)C1CCOCC1. The molecule has 6 aromatic carbocycles. The number of nitrogens with one attached hydrogen (secondary N) is 2. The number of hydrogen-bond acceptors (Lipinski definition) is 7. The summed E-state index contributed by atoms with van der Waals surface area (Å²) in [4.78, 5) is 50.1. The second-order valence-electron chi connectivity index (χ2n) is 18.4. The van der Waals surface area contributed by atoms with Gasteiger partial charge in [0.1, 0.15) is 24.7 Å². The molecule has 1 aromatic heterocycles. The van der Waals surface area contributed by atoms with Gasteiger partial charge >= 0.3 is 0 Å². The molecule has 0 unspecified atom stereocenters. The van der Waals surface area contributed by atoms with Crippen LogP contribution in [0.2, 0.25) is 0 Å². The van der Waals surface area contributed by atoms with Gasteiger partial charge in [-0.05, 0) is 127 Å². The number of H-pyrrole nitrogens is 1. The monoisotopic (exact) mass is 936 g/mol. The normalized spacial score (nSPS) is 12.7. The van der Waals surface area contributed by atoms with E-state index in [0.29, 0.717) is 53.7 Å². The molecule has 8 rings (SSSR count). The molecular formula is C60H64N4O6. The Labute approximate surface area is 412 Å². The van der Waals surface area contributed by atoms with Crippen LogP contribution in [0.5, 0.6) is 11.5 Å². The number of carbonyl (C=O) groups is 2. The number of ether oxygens (including phenoxy) is 3. The number of benzene rings is 6. The van der Waals surface area contributed by atoms with E-state index in [2.05, 4.69) is 42.0 Å². The highest BCUT2D eigenvalue weighted by atomic mass is 16.5. The van der Waals surface area contributed by atoms with Crippen LogP contribution in [0, 0.1) is 20.8 Å². The van der Waals surface area contributed by atoms with Crippen molar-refractivity contribution in [2.75, 3.05) is 29.6 Å². The van der Waals surface area contributed by atoms with Gasteiger partial charge in [0.15, 0.2) is 0 Å². The molecule has 360 valence electrons. The number of anilines is 2. The Morgan fingerprint density at radius 3 is 1.96 bits per heavy atom. The Morgan fingerprint density at radius 1 is 0.714 bits per heavy atom. The summed E-state index contributed by atoms with van der Waals surface area (Å²) >= 11 is 0. The molecule has 0 aliphatic carbocycles. The van der Waals surface area contributed by atoms with Crippen molar-refractivity contribution >= 4 is 23.2 Å². The van der Waals surface area contributed by atoms with Gasteiger partial charge in [-0.1, -0.05) is 117 Å². The Morgan fingerprint density at radius 2 is 1.34 bits per heavy atom. The Hall–Kier alpha value is -7.43. The minimum Gasteiger partial charge on any atom is -0.488 e. The van der Waals surface area contributed by atoms with Crippen LogP contribution in [0.15, 0.2) is 150 Å². The van der Waals surface area contributed by atoms with Crippen molar-refractivity contribution in [3.63, 3.8) is 0 Å². The largest absolute Gasteiger partial charge is 0.488 e. The van der Waals surface area contributed by atoms with Gasteiger partial charge in [-0.15, -0.1) is 0 Å². The van der Waals surface area contributed by atoms with E-state index in [0.717, 1.165) is 75.3 Å². The van der Waals surface area contributed by atoms with E-state index in [1.54, 1.807) is 0 Å². The molecule has 0 atom stereocenters. The van der Waals surface area contributed by atoms with Crippen LogP contribution in [-0.2, 0) is 31.0 Å². The molecule has 0 spiro atoms. The van der Waals surface area contributed by atoms with Crippen LogP contribution < -0.4 is 30.1 Å². The first-order valence-electron chi connectivity index (χ1n) is 24.4. The third-order valence-corrected chi connectivity index (χ3v) is 13.2. The first-order chi connectivity index (χ1) is 34.0. The quantitative estimate of drug-likeness (QED) is 0.0881. The van der Waals surface area contributed by atoms with Gasteiger partial charge in [0, 0.05) is 66.6 Å². The second kappa shape index (κ2) is 22.8. The highest BCUT2D eigenvalue weighted by Crippen LogP contribution is 2.39. The van der Waals surface area contributed by atoms with Gasteiger partial charge in [-0.2, -0.15) is 0 Å². The standard InChI is InChI=1S/C60H64N4O6/c1-7-63(49-26-28-68-29-27-49)55-33-48(32-52(43(55)6)58(65)61-36-54-41(4)30-42(5)62-59(54)66)47-24-17-25-50(31-47)64(37-44-18-11-8-12-19-44)60(67)53-34-51(40(2)3)56(69-38-45-20-13-9-14-21-45)35-57(53)70-39-46-22-15-10-16-23-46/h8-25,30-35,40,49H,7,26-29,36-39H2,1-6H3,(H,61,65)(H,62,66). The molecule has 2 N–H and O–H groups in total. The summed E-state index contributed by atoms with van der Waals surface area (Å²) in [5.41, 5.74) is 10.8. The maximum Gasteiger partial charge on any atom is 0.262 e. The van der Waals surface area contributed by atoms with Gasteiger partial charge in [0.2, 0.25) is 0 Å². The third-order valence-electron chi connectivity index (χ3n) is 13.2. The molecule has 1 fully saturated rings. The molecule has 10 heteroatoms. The molecule has 2 amide bonds. The van der Waals surface area contributed by atoms with Gasteiger partial charge in [0.25, 0.3) is 17.4 Å². The van der Waals surface area contributed by atoms with E-state index in [1.165, 1.54) is 0 Å². The first kappa shape index (κ1) is 49.0. The van der Waals surface area contributed by atoms with Crippen molar-refractivity contribution in [1.82, 2.24) is 10.3 Å². The van der Waals surface area contributed by atoms with Gasteiger partial charge < -0.3 is 34.3 Å². The topological polar surface area (TPSA) is 113 Å². The molecule has 0 bridgehead atoms. The molecule has 1 aliphatic heterocycles. The fourth-order valence-electron chi connectivity index (χ4n) is 9.34. The Bertz CT molecular complexity index is 2960. The van der Waals surface area contributed by atoms with Crippen molar-refractivity contribution in [2.45, 2.75) is 92.6 Å². The molecule has 0 radical (unpaired) electrons. The van der Waals surface area contributed by atoms with Crippen molar-refractivity contribution in [3.8, 4) is 22.6 Å². The number of hydrogen-bond donors (Lipinski definition) is 2. The maximum absolute atomic E-state index is 15.6. The van der Waals surface area contributed by atoms with Crippen LogP contribution in [0.3, 0.4) is 0 Å². The Kier molecular flexibility index (Phi) is 16.0. The average molecular weight is 937 g/mol. The molecule has 10 nitrogen and oxygen atoms in total. The molecule has 7 aromatic rings. The molecule has 1 saturated heterocycles. The number of nitrogens with zero attached hydrogens (tertiary/aromatic N) is 2. The van der Waals surface area contributed by atoms with E-state index >= 15 is 4.79 Å². The van der Waals surface area contributed by atoms with Crippen molar-refractivity contribution < 1.29 is 23.8 Å². The third kappa shape index (κ3) is 11.7. The first-order valence-corrected chi connectivity index (χ1v) is 24.4. The van der Waals surface area contributed by atoms with Crippen LogP contribution in [-0.4, -0.2) is 42.6 Å². The van der Waals surface area contributed by atoms with E-state index in [1.807, 2.05) is 165 Å². The summed E-state index contributed by atoms with van der Waals surface area (Å²) < 4.78 is 18.9. The maximum atomic E-state index is 15.6. The zero-order valence-electron chi connectivity index (χ0n) is 41.2. The minimum atomic E-state index is -0.278. The highest BCUT2D eigenvalue weighted by molar-refractivity contribution is 6.08. The smallest absolute Gasteiger partial charge is 0.262 e. The van der Waals surface area contributed by atoms with Gasteiger partial charge in [0.05, 0.1) is 12.1 Å². The lowest BCUT2D eigenvalue weighted by molar-refractivity contribution is 0.0845. The minimum absolute atomic E-state index is 0.0268. The van der Waals surface area contributed by atoms with Crippen LogP contribution in [0.25, 0.3) is 11.1 Å². The number of carbonyl (C=O) groups excluding carboxylic acids is 2. The zero-order chi connectivity index (χ0) is 49.1. The van der Waals surface area contributed by atoms with Crippen LogP contribution >= 0.6 is 0 Å². The number of amides is 2. The predicted molar refractivity (Wildman–Crippen MR) is 280 cm³/mol. The summed E-state index contributed by atoms with van der Waals surface area (Å²) in [7, 11) is 0. The highest BCUT2D eigenvalue weighted by Gasteiger charge is 2.28. The van der Waals surface area contributed by atoms with E-state index in [4.69, 9.17) is 14.2 Å². The number of aromatic nitrogens is 1. The number of aryl methyl sites for hydroxylation is 2. The van der Waals surface area contributed by atoms with E-state index in [-0.39, 0.29) is 49.0 Å². The average Bonchev–Trinajstić information content (AvgIpc) is 3.38. The molecule has 2 heterocycles. The van der Waals surface area contributed by atoms with Crippen molar-refractivity contribution in [3.05, 3.63) is 212 Å². The lowest BCUT2D eigenvalue weighted by atomic mass is 9.94. The lowest BCUT2D eigenvalue weighted by Gasteiger charge is -2.37. The summed E-state index contributed by atoms with van der Waals surface area (Å²) in [5.74, 6) is 0.597. The van der Waals surface area contributed by atoms with Gasteiger partial charge in [-0.3, -0.25) is 14.4 Å².